The summed E-state index contributed by atoms with van der Waals surface area (Å²) in [5, 5.41) is 7.86. The minimum absolute atomic E-state index is 0.284. The third kappa shape index (κ3) is 1.74. The van der Waals surface area contributed by atoms with Crippen LogP contribution in [0.15, 0.2) is 24.3 Å². The molecule has 1 aromatic heterocycles. The predicted octanol–water partition coefficient (Wildman–Crippen LogP) is 2.48. The number of hydrogen-bond donors (Lipinski definition) is 1. The van der Waals surface area contributed by atoms with Crippen LogP contribution < -0.4 is 5.73 Å². The highest BCUT2D eigenvalue weighted by atomic mass is 19.1. The second-order valence-corrected chi connectivity index (χ2v) is 3.69. The number of nitrogens with two attached hydrogens (primary N) is 1. The molecular weight excluding hydrogens is 205 g/mol. The molecule has 0 spiro atoms. The first-order chi connectivity index (χ1) is 7.59. The van der Waals surface area contributed by atoms with E-state index in [9.17, 15) is 4.39 Å². The standard InChI is InChI=1S/C12H12FN3/c1-7-8(2)12(14)16-15-11(7)9-4-3-5-10(13)6-9/h3-6H,1-2H3,(H2,14,16). The zero-order valence-corrected chi connectivity index (χ0v) is 9.16. The third-order valence-electron chi connectivity index (χ3n) is 2.66. The first kappa shape index (κ1) is 10.5. The van der Waals surface area contributed by atoms with Gasteiger partial charge in [0.05, 0.1) is 5.69 Å². The van der Waals surface area contributed by atoms with Crippen molar-refractivity contribution in [3.63, 3.8) is 0 Å². The van der Waals surface area contributed by atoms with Gasteiger partial charge in [-0.3, -0.25) is 0 Å². The van der Waals surface area contributed by atoms with Gasteiger partial charge in [0.25, 0.3) is 0 Å². The van der Waals surface area contributed by atoms with E-state index in [4.69, 9.17) is 5.73 Å². The molecule has 1 heterocycles. The van der Waals surface area contributed by atoms with Crippen molar-refractivity contribution in [3.8, 4) is 11.3 Å². The number of benzene rings is 1. The van der Waals surface area contributed by atoms with Gasteiger partial charge in [0, 0.05) is 5.56 Å². The van der Waals surface area contributed by atoms with Gasteiger partial charge in [-0.2, -0.15) is 0 Å². The SMILES string of the molecule is Cc1c(N)nnc(-c2cccc(F)c2)c1C. The molecule has 4 heteroatoms. The quantitative estimate of drug-likeness (QED) is 0.798. The fourth-order valence-electron chi connectivity index (χ4n) is 1.53. The molecule has 0 saturated heterocycles. The number of aromatic nitrogens is 2. The molecule has 0 atom stereocenters. The van der Waals surface area contributed by atoms with Gasteiger partial charge in [-0.05, 0) is 37.1 Å². The maximum atomic E-state index is 13.1. The Hall–Kier alpha value is -1.97. The Labute approximate surface area is 93.1 Å². The third-order valence-corrected chi connectivity index (χ3v) is 2.66. The van der Waals surface area contributed by atoms with E-state index in [2.05, 4.69) is 10.2 Å². The zero-order chi connectivity index (χ0) is 11.7. The van der Waals surface area contributed by atoms with E-state index in [1.54, 1.807) is 12.1 Å². The van der Waals surface area contributed by atoms with Crippen molar-refractivity contribution < 1.29 is 4.39 Å². The average Bonchev–Trinajstić information content (AvgIpc) is 2.26. The Morgan fingerprint density at radius 1 is 1.12 bits per heavy atom. The van der Waals surface area contributed by atoms with Crippen LogP contribution >= 0.6 is 0 Å². The summed E-state index contributed by atoms with van der Waals surface area (Å²) < 4.78 is 13.1. The normalized spacial score (nSPS) is 10.4. The highest BCUT2D eigenvalue weighted by Crippen LogP contribution is 2.24. The van der Waals surface area contributed by atoms with Crippen molar-refractivity contribution in [1.82, 2.24) is 10.2 Å². The zero-order valence-electron chi connectivity index (χ0n) is 9.16. The molecule has 2 N–H and O–H groups in total. The monoisotopic (exact) mass is 217 g/mol. The Kier molecular flexibility index (Phi) is 2.56. The Morgan fingerprint density at radius 2 is 1.88 bits per heavy atom. The minimum Gasteiger partial charge on any atom is -0.382 e. The number of rotatable bonds is 1. The van der Waals surface area contributed by atoms with E-state index in [0.29, 0.717) is 17.1 Å². The molecule has 2 aromatic rings. The summed E-state index contributed by atoms with van der Waals surface area (Å²) in [6.07, 6.45) is 0. The fourth-order valence-corrected chi connectivity index (χ4v) is 1.53. The highest BCUT2D eigenvalue weighted by molar-refractivity contribution is 5.65. The Bertz CT molecular complexity index is 538. The summed E-state index contributed by atoms with van der Waals surface area (Å²) in [4.78, 5) is 0. The van der Waals surface area contributed by atoms with Crippen molar-refractivity contribution in [1.29, 1.82) is 0 Å². The molecule has 2 rings (SSSR count). The molecule has 0 aliphatic rings. The van der Waals surface area contributed by atoms with Crippen LogP contribution in [-0.2, 0) is 0 Å². The summed E-state index contributed by atoms with van der Waals surface area (Å²) >= 11 is 0. The molecule has 0 aliphatic carbocycles. The van der Waals surface area contributed by atoms with Crippen LogP contribution in [0.3, 0.4) is 0 Å². The van der Waals surface area contributed by atoms with Crippen LogP contribution in [0.4, 0.5) is 10.2 Å². The lowest BCUT2D eigenvalue weighted by Gasteiger charge is -2.08. The van der Waals surface area contributed by atoms with Crippen LogP contribution in [0.25, 0.3) is 11.3 Å². The van der Waals surface area contributed by atoms with Gasteiger partial charge in [-0.1, -0.05) is 12.1 Å². The van der Waals surface area contributed by atoms with Crippen LogP contribution in [0.2, 0.25) is 0 Å². The topological polar surface area (TPSA) is 51.8 Å². The van der Waals surface area contributed by atoms with E-state index >= 15 is 0 Å². The lowest BCUT2D eigenvalue weighted by molar-refractivity contribution is 0.628. The van der Waals surface area contributed by atoms with Gasteiger partial charge in [-0.25, -0.2) is 4.39 Å². The average molecular weight is 217 g/mol. The van der Waals surface area contributed by atoms with E-state index in [0.717, 1.165) is 11.1 Å². The van der Waals surface area contributed by atoms with Gasteiger partial charge in [0.1, 0.15) is 11.6 Å². The highest BCUT2D eigenvalue weighted by Gasteiger charge is 2.09. The lowest BCUT2D eigenvalue weighted by atomic mass is 10.0. The minimum atomic E-state index is -0.284. The summed E-state index contributed by atoms with van der Waals surface area (Å²) in [6.45, 7) is 3.78. The van der Waals surface area contributed by atoms with Crippen LogP contribution in [-0.4, -0.2) is 10.2 Å². The molecule has 0 bridgehead atoms. The first-order valence-electron chi connectivity index (χ1n) is 4.95. The smallest absolute Gasteiger partial charge is 0.149 e. The second kappa shape index (κ2) is 3.89. The number of halogens is 1. The van der Waals surface area contributed by atoms with Crippen molar-refractivity contribution in [2.45, 2.75) is 13.8 Å². The molecule has 3 nitrogen and oxygen atoms in total. The molecule has 0 unspecified atom stereocenters. The summed E-state index contributed by atoms with van der Waals surface area (Å²) in [6, 6.07) is 6.29. The fraction of sp³-hybridized carbons (Fsp3) is 0.167. The molecule has 0 fully saturated rings. The Balaban J connectivity index is 2.61. The predicted molar refractivity (Wildman–Crippen MR) is 61.3 cm³/mol. The number of nitrogen functional groups attached to an aromatic ring is 1. The van der Waals surface area contributed by atoms with Gasteiger partial charge in [-0.15, -0.1) is 10.2 Å². The van der Waals surface area contributed by atoms with Crippen LogP contribution in [0.5, 0.6) is 0 Å². The molecule has 0 amide bonds. The van der Waals surface area contributed by atoms with E-state index in [-0.39, 0.29) is 5.82 Å². The largest absolute Gasteiger partial charge is 0.382 e. The van der Waals surface area contributed by atoms with Crippen LogP contribution in [0.1, 0.15) is 11.1 Å². The number of nitrogens with zero attached hydrogens (tertiary/aromatic N) is 2. The molecule has 0 aliphatic heterocycles. The molecule has 16 heavy (non-hydrogen) atoms. The van der Waals surface area contributed by atoms with Gasteiger partial charge in [0.15, 0.2) is 0 Å². The summed E-state index contributed by atoms with van der Waals surface area (Å²) in [5.74, 6) is 0.130. The lowest BCUT2D eigenvalue weighted by Crippen LogP contribution is -2.02. The van der Waals surface area contributed by atoms with Crippen molar-refractivity contribution in [3.05, 3.63) is 41.2 Å². The van der Waals surface area contributed by atoms with E-state index < -0.39 is 0 Å². The first-order valence-corrected chi connectivity index (χ1v) is 4.95. The Morgan fingerprint density at radius 3 is 2.56 bits per heavy atom. The molecular formula is C12H12FN3. The van der Waals surface area contributed by atoms with Gasteiger partial charge in [0.2, 0.25) is 0 Å². The number of hydrogen-bond acceptors (Lipinski definition) is 3. The van der Waals surface area contributed by atoms with E-state index in [1.165, 1.54) is 12.1 Å². The molecule has 1 aromatic carbocycles. The van der Waals surface area contributed by atoms with Crippen molar-refractivity contribution in [2.24, 2.45) is 0 Å². The van der Waals surface area contributed by atoms with Crippen LogP contribution in [0, 0.1) is 19.7 Å². The molecule has 0 saturated carbocycles. The van der Waals surface area contributed by atoms with Crippen molar-refractivity contribution in [2.75, 3.05) is 5.73 Å². The summed E-state index contributed by atoms with van der Waals surface area (Å²) in [5.41, 5.74) is 8.85. The summed E-state index contributed by atoms with van der Waals surface area (Å²) in [7, 11) is 0. The molecule has 0 radical (unpaired) electrons. The molecule has 82 valence electrons. The maximum Gasteiger partial charge on any atom is 0.149 e. The number of anilines is 1. The van der Waals surface area contributed by atoms with Crippen molar-refractivity contribution >= 4 is 5.82 Å². The van der Waals surface area contributed by atoms with Gasteiger partial charge < -0.3 is 5.73 Å². The maximum absolute atomic E-state index is 13.1. The van der Waals surface area contributed by atoms with E-state index in [1.807, 2.05) is 13.8 Å². The second-order valence-electron chi connectivity index (χ2n) is 3.69. The van der Waals surface area contributed by atoms with Gasteiger partial charge >= 0.3 is 0 Å².